The van der Waals surface area contributed by atoms with Crippen molar-refractivity contribution in [3.63, 3.8) is 0 Å². The van der Waals surface area contributed by atoms with Crippen LogP contribution in [-0.4, -0.2) is 13.0 Å². The maximum atomic E-state index is 11.0. The maximum absolute atomic E-state index is 11.0. The summed E-state index contributed by atoms with van der Waals surface area (Å²) in [7, 11) is 1.71. The molecule has 1 aromatic carbocycles. The third kappa shape index (κ3) is 2.54. The number of rotatable bonds is 3. The van der Waals surface area contributed by atoms with Gasteiger partial charge >= 0.3 is 0 Å². The molecular weight excluding hydrogens is 232 g/mol. The van der Waals surface area contributed by atoms with Crippen LogP contribution in [0.1, 0.15) is 11.6 Å². The fourth-order valence-corrected chi connectivity index (χ4v) is 1.39. The Morgan fingerprint density at radius 2 is 2.00 bits per heavy atom. The monoisotopic (exact) mass is 242 g/mol. The lowest BCUT2D eigenvalue weighted by Gasteiger charge is -2.11. The van der Waals surface area contributed by atoms with E-state index in [1.807, 2.05) is 24.3 Å². The summed E-state index contributed by atoms with van der Waals surface area (Å²) < 4.78 is 0.982. The van der Waals surface area contributed by atoms with Crippen LogP contribution in [-0.2, 0) is 4.79 Å². The highest BCUT2D eigenvalue weighted by molar-refractivity contribution is 9.10. The molecule has 0 heterocycles. The van der Waals surface area contributed by atoms with Crippen molar-refractivity contribution in [3.8, 4) is 0 Å². The van der Waals surface area contributed by atoms with Crippen LogP contribution in [0.15, 0.2) is 28.7 Å². The van der Waals surface area contributed by atoms with Gasteiger partial charge in [-0.3, -0.25) is 4.79 Å². The molecule has 0 radical (unpaired) electrons. The molecule has 0 bridgehead atoms. The molecular formula is C9H11BrN2O. The van der Waals surface area contributed by atoms with E-state index in [0.717, 1.165) is 10.0 Å². The zero-order valence-corrected chi connectivity index (χ0v) is 8.84. The van der Waals surface area contributed by atoms with Gasteiger partial charge in [-0.25, -0.2) is 0 Å². The molecule has 3 nitrogen and oxygen atoms in total. The van der Waals surface area contributed by atoms with Crippen molar-refractivity contribution in [1.29, 1.82) is 0 Å². The Hall–Kier alpha value is -0.870. The molecule has 4 heteroatoms. The van der Waals surface area contributed by atoms with Crippen LogP contribution >= 0.6 is 15.9 Å². The Morgan fingerprint density at radius 3 is 2.38 bits per heavy atom. The van der Waals surface area contributed by atoms with Gasteiger partial charge in [-0.1, -0.05) is 28.1 Å². The number of benzene rings is 1. The standard InChI is InChI=1S/C9H11BrN2O/c1-12-8(9(11)13)6-2-4-7(10)5-3-6/h2-5,8,12H,1H3,(H2,11,13)/t8-/m0/s1. The summed E-state index contributed by atoms with van der Waals surface area (Å²) >= 11 is 3.32. The van der Waals surface area contributed by atoms with Crippen molar-refractivity contribution in [2.24, 2.45) is 5.73 Å². The lowest BCUT2D eigenvalue weighted by Crippen LogP contribution is -2.31. The van der Waals surface area contributed by atoms with E-state index >= 15 is 0 Å². The van der Waals surface area contributed by atoms with Crippen LogP contribution in [0.5, 0.6) is 0 Å². The highest BCUT2D eigenvalue weighted by Crippen LogP contribution is 2.16. The van der Waals surface area contributed by atoms with Gasteiger partial charge in [-0.05, 0) is 24.7 Å². The molecule has 13 heavy (non-hydrogen) atoms. The van der Waals surface area contributed by atoms with Crippen molar-refractivity contribution >= 4 is 21.8 Å². The van der Waals surface area contributed by atoms with Crippen molar-refractivity contribution in [2.45, 2.75) is 6.04 Å². The number of hydrogen-bond donors (Lipinski definition) is 2. The molecule has 3 N–H and O–H groups in total. The molecule has 0 saturated heterocycles. The molecule has 1 amide bonds. The lowest BCUT2D eigenvalue weighted by atomic mass is 10.1. The van der Waals surface area contributed by atoms with E-state index in [0.29, 0.717) is 0 Å². The third-order valence-electron chi connectivity index (χ3n) is 1.78. The summed E-state index contributed by atoms with van der Waals surface area (Å²) in [6, 6.07) is 7.06. The average Bonchev–Trinajstić information content (AvgIpc) is 2.09. The van der Waals surface area contributed by atoms with E-state index in [1.165, 1.54) is 0 Å². The van der Waals surface area contributed by atoms with E-state index < -0.39 is 6.04 Å². The molecule has 1 rings (SSSR count). The fraction of sp³-hybridized carbons (Fsp3) is 0.222. The molecule has 0 unspecified atom stereocenters. The largest absolute Gasteiger partial charge is 0.368 e. The second-order valence-corrected chi connectivity index (χ2v) is 3.59. The lowest BCUT2D eigenvalue weighted by molar-refractivity contribution is -0.120. The van der Waals surface area contributed by atoms with Crippen LogP contribution in [0.25, 0.3) is 0 Å². The number of amides is 1. The molecule has 0 saturated carbocycles. The Labute approximate surface area is 85.4 Å². The van der Waals surface area contributed by atoms with E-state index in [4.69, 9.17) is 5.73 Å². The fourth-order valence-electron chi connectivity index (χ4n) is 1.13. The normalized spacial score (nSPS) is 12.5. The molecule has 0 aliphatic rings. The predicted molar refractivity (Wildman–Crippen MR) is 55.1 cm³/mol. The van der Waals surface area contributed by atoms with Gasteiger partial charge in [0.05, 0.1) is 0 Å². The minimum absolute atomic E-state index is 0.371. The van der Waals surface area contributed by atoms with Crippen LogP contribution in [0, 0.1) is 0 Å². The van der Waals surface area contributed by atoms with Gasteiger partial charge < -0.3 is 11.1 Å². The zero-order valence-electron chi connectivity index (χ0n) is 7.25. The first-order chi connectivity index (χ1) is 6.15. The Bertz CT molecular complexity index is 297. The first kappa shape index (κ1) is 10.2. The summed E-state index contributed by atoms with van der Waals surface area (Å²) in [5, 5.41) is 2.85. The van der Waals surface area contributed by atoms with Gasteiger partial charge in [0, 0.05) is 4.47 Å². The van der Waals surface area contributed by atoms with E-state index in [-0.39, 0.29) is 5.91 Å². The third-order valence-corrected chi connectivity index (χ3v) is 2.31. The SMILES string of the molecule is CN[C@H](C(N)=O)c1ccc(Br)cc1. The number of nitrogens with one attached hydrogen (secondary N) is 1. The number of likely N-dealkylation sites (N-methyl/N-ethyl adjacent to an activating group) is 1. The van der Waals surface area contributed by atoms with E-state index in [1.54, 1.807) is 7.05 Å². The molecule has 0 aliphatic carbocycles. The molecule has 1 atom stereocenters. The van der Waals surface area contributed by atoms with Crippen LogP contribution in [0.3, 0.4) is 0 Å². The van der Waals surface area contributed by atoms with Gasteiger partial charge in [0.1, 0.15) is 6.04 Å². The van der Waals surface area contributed by atoms with Gasteiger partial charge in [0.2, 0.25) is 5.91 Å². The summed E-state index contributed by atoms with van der Waals surface area (Å²) in [5.74, 6) is -0.371. The molecule has 1 aromatic rings. The van der Waals surface area contributed by atoms with Gasteiger partial charge in [0.15, 0.2) is 0 Å². The number of hydrogen-bond acceptors (Lipinski definition) is 2. The maximum Gasteiger partial charge on any atom is 0.239 e. The molecule has 0 spiro atoms. The molecule has 70 valence electrons. The van der Waals surface area contributed by atoms with Crippen molar-refractivity contribution in [2.75, 3.05) is 7.05 Å². The number of carbonyl (C=O) groups is 1. The number of primary amides is 1. The Morgan fingerprint density at radius 1 is 1.46 bits per heavy atom. The molecule has 0 aromatic heterocycles. The number of nitrogens with two attached hydrogens (primary N) is 1. The first-order valence-electron chi connectivity index (χ1n) is 3.87. The summed E-state index contributed by atoms with van der Waals surface area (Å²) in [6.45, 7) is 0. The smallest absolute Gasteiger partial charge is 0.239 e. The van der Waals surface area contributed by atoms with Gasteiger partial charge in [0.25, 0.3) is 0 Å². The highest BCUT2D eigenvalue weighted by atomic mass is 79.9. The topological polar surface area (TPSA) is 55.1 Å². The zero-order chi connectivity index (χ0) is 9.84. The van der Waals surface area contributed by atoms with Crippen molar-refractivity contribution < 1.29 is 4.79 Å². The second-order valence-electron chi connectivity index (χ2n) is 2.68. The quantitative estimate of drug-likeness (QED) is 0.837. The van der Waals surface area contributed by atoms with Crippen molar-refractivity contribution in [3.05, 3.63) is 34.3 Å². The summed E-state index contributed by atoms with van der Waals surface area (Å²) in [5.41, 5.74) is 6.08. The van der Waals surface area contributed by atoms with Gasteiger partial charge in [-0.2, -0.15) is 0 Å². The minimum Gasteiger partial charge on any atom is -0.368 e. The van der Waals surface area contributed by atoms with Crippen LogP contribution < -0.4 is 11.1 Å². The average molecular weight is 243 g/mol. The highest BCUT2D eigenvalue weighted by Gasteiger charge is 2.14. The Balaban J connectivity index is 2.92. The van der Waals surface area contributed by atoms with E-state index in [9.17, 15) is 4.79 Å². The predicted octanol–water partition coefficient (Wildman–Crippen LogP) is 1.19. The number of halogens is 1. The van der Waals surface area contributed by atoms with Gasteiger partial charge in [-0.15, -0.1) is 0 Å². The first-order valence-corrected chi connectivity index (χ1v) is 4.66. The molecule has 0 fully saturated rings. The Kier molecular flexibility index (Phi) is 3.45. The minimum atomic E-state index is -0.409. The second kappa shape index (κ2) is 4.39. The van der Waals surface area contributed by atoms with Crippen LogP contribution in [0.2, 0.25) is 0 Å². The van der Waals surface area contributed by atoms with E-state index in [2.05, 4.69) is 21.2 Å². The van der Waals surface area contributed by atoms with Crippen molar-refractivity contribution in [1.82, 2.24) is 5.32 Å². The summed E-state index contributed by atoms with van der Waals surface area (Å²) in [6.07, 6.45) is 0. The number of carbonyl (C=O) groups excluding carboxylic acids is 1. The van der Waals surface area contributed by atoms with Crippen LogP contribution in [0.4, 0.5) is 0 Å². The summed E-state index contributed by atoms with van der Waals surface area (Å²) in [4.78, 5) is 11.0. The molecule has 0 aliphatic heterocycles.